The van der Waals surface area contributed by atoms with Crippen molar-refractivity contribution in [3.05, 3.63) is 28.8 Å². The van der Waals surface area contributed by atoms with Gasteiger partial charge in [-0.3, -0.25) is 9.69 Å². The van der Waals surface area contributed by atoms with Crippen molar-refractivity contribution >= 4 is 11.6 Å². The molecule has 1 aromatic rings. The van der Waals surface area contributed by atoms with Gasteiger partial charge in [-0.05, 0) is 38.3 Å². The second kappa shape index (κ2) is 8.77. The van der Waals surface area contributed by atoms with Gasteiger partial charge in [0.1, 0.15) is 0 Å². The van der Waals surface area contributed by atoms with E-state index in [0.29, 0.717) is 19.5 Å². The van der Waals surface area contributed by atoms with E-state index in [1.54, 1.807) is 0 Å². The minimum atomic E-state index is -0.101. The van der Waals surface area contributed by atoms with Gasteiger partial charge in [-0.15, -0.1) is 0 Å². The molecule has 118 valence electrons. The minimum Gasteiger partial charge on any atom is -0.396 e. The zero-order valence-electron chi connectivity index (χ0n) is 13.1. The van der Waals surface area contributed by atoms with Crippen LogP contribution in [-0.2, 0) is 4.79 Å². The lowest BCUT2D eigenvalue weighted by Gasteiger charge is -2.21. The zero-order valence-corrected chi connectivity index (χ0v) is 13.1. The molecule has 0 aliphatic rings. The number of amides is 1. The Bertz CT molecular complexity index is 452. The van der Waals surface area contributed by atoms with Gasteiger partial charge in [-0.2, -0.15) is 0 Å². The SMILES string of the molecule is Cc1cc(C)c(NC(=O)CN(CCO)CCCO)c(C)c1. The third-order valence-electron chi connectivity index (χ3n) is 3.36. The highest BCUT2D eigenvalue weighted by Crippen LogP contribution is 2.21. The van der Waals surface area contributed by atoms with Crippen LogP contribution in [0.5, 0.6) is 0 Å². The lowest BCUT2D eigenvalue weighted by atomic mass is 10.1. The van der Waals surface area contributed by atoms with Crippen molar-refractivity contribution in [3.63, 3.8) is 0 Å². The first-order valence-electron chi connectivity index (χ1n) is 7.29. The Labute approximate surface area is 126 Å². The number of carbonyl (C=O) groups is 1. The molecule has 1 aromatic carbocycles. The monoisotopic (exact) mass is 294 g/mol. The van der Waals surface area contributed by atoms with Crippen LogP contribution in [-0.4, -0.2) is 53.9 Å². The van der Waals surface area contributed by atoms with Gasteiger partial charge in [0, 0.05) is 25.4 Å². The number of carbonyl (C=O) groups excluding carboxylic acids is 1. The Morgan fingerprint density at radius 3 is 2.24 bits per heavy atom. The molecule has 0 atom stereocenters. The average Bonchev–Trinajstić information content (AvgIpc) is 2.40. The lowest BCUT2D eigenvalue weighted by molar-refractivity contribution is -0.117. The third kappa shape index (κ3) is 5.83. The highest BCUT2D eigenvalue weighted by molar-refractivity contribution is 5.93. The Morgan fingerprint density at radius 1 is 1.10 bits per heavy atom. The molecule has 0 aliphatic carbocycles. The minimum absolute atomic E-state index is 0.00129. The fraction of sp³-hybridized carbons (Fsp3) is 0.562. The molecule has 0 fully saturated rings. The standard InChI is InChI=1S/C16H26N2O3/c1-12-9-13(2)16(14(3)10-12)17-15(21)11-18(6-8-20)5-4-7-19/h9-10,19-20H,4-8,11H2,1-3H3,(H,17,21). The summed E-state index contributed by atoms with van der Waals surface area (Å²) in [6.07, 6.45) is 0.593. The summed E-state index contributed by atoms with van der Waals surface area (Å²) in [5.41, 5.74) is 4.12. The molecular weight excluding hydrogens is 268 g/mol. The second-order valence-corrected chi connectivity index (χ2v) is 5.40. The number of nitrogens with zero attached hydrogens (tertiary/aromatic N) is 1. The van der Waals surface area contributed by atoms with Crippen LogP contribution < -0.4 is 5.32 Å². The van der Waals surface area contributed by atoms with Crippen molar-refractivity contribution in [1.29, 1.82) is 0 Å². The predicted octanol–water partition coefficient (Wildman–Crippen LogP) is 1.23. The van der Waals surface area contributed by atoms with Crippen LogP contribution in [0.25, 0.3) is 0 Å². The normalized spacial score (nSPS) is 11.0. The van der Waals surface area contributed by atoms with Gasteiger partial charge in [-0.25, -0.2) is 0 Å². The van der Waals surface area contributed by atoms with Crippen LogP contribution in [0.3, 0.4) is 0 Å². The summed E-state index contributed by atoms with van der Waals surface area (Å²) in [4.78, 5) is 14.0. The van der Waals surface area contributed by atoms with Crippen LogP contribution in [0.4, 0.5) is 5.69 Å². The fourth-order valence-corrected chi connectivity index (χ4v) is 2.46. The number of aliphatic hydroxyl groups excluding tert-OH is 2. The molecule has 3 N–H and O–H groups in total. The summed E-state index contributed by atoms with van der Waals surface area (Å²) in [6, 6.07) is 4.08. The van der Waals surface area contributed by atoms with Gasteiger partial charge in [-0.1, -0.05) is 17.7 Å². The first kappa shape index (κ1) is 17.6. The van der Waals surface area contributed by atoms with Gasteiger partial charge in [0.2, 0.25) is 5.91 Å². The Kier molecular flexibility index (Phi) is 7.36. The van der Waals surface area contributed by atoms with E-state index in [1.165, 1.54) is 5.56 Å². The number of anilines is 1. The number of nitrogens with one attached hydrogen (secondary N) is 1. The molecule has 0 radical (unpaired) electrons. The van der Waals surface area contributed by atoms with E-state index >= 15 is 0 Å². The van der Waals surface area contributed by atoms with Gasteiger partial charge < -0.3 is 15.5 Å². The highest BCUT2D eigenvalue weighted by Gasteiger charge is 2.12. The molecule has 0 saturated carbocycles. The smallest absolute Gasteiger partial charge is 0.238 e. The van der Waals surface area contributed by atoms with E-state index in [-0.39, 0.29) is 25.7 Å². The Morgan fingerprint density at radius 2 is 1.71 bits per heavy atom. The summed E-state index contributed by atoms with van der Waals surface area (Å²) in [7, 11) is 0. The maximum absolute atomic E-state index is 12.2. The van der Waals surface area contributed by atoms with Crippen molar-refractivity contribution in [2.75, 3.05) is 38.2 Å². The van der Waals surface area contributed by atoms with Crippen LogP contribution in [0.15, 0.2) is 12.1 Å². The summed E-state index contributed by atoms with van der Waals surface area (Å²) in [5.74, 6) is -0.101. The van der Waals surface area contributed by atoms with Crippen molar-refractivity contribution in [1.82, 2.24) is 4.90 Å². The molecule has 0 aliphatic heterocycles. The van der Waals surface area contributed by atoms with E-state index in [9.17, 15) is 4.79 Å². The van der Waals surface area contributed by atoms with Gasteiger partial charge in [0.15, 0.2) is 0 Å². The molecule has 0 heterocycles. The topological polar surface area (TPSA) is 72.8 Å². The molecule has 21 heavy (non-hydrogen) atoms. The second-order valence-electron chi connectivity index (χ2n) is 5.40. The number of rotatable bonds is 8. The predicted molar refractivity (Wildman–Crippen MR) is 84.5 cm³/mol. The summed E-state index contributed by atoms with van der Waals surface area (Å²) in [6.45, 7) is 7.31. The Balaban J connectivity index is 2.67. The molecule has 1 amide bonds. The number of benzene rings is 1. The maximum Gasteiger partial charge on any atom is 0.238 e. The number of aryl methyl sites for hydroxylation is 3. The van der Waals surface area contributed by atoms with E-state index in [0.717, 1.165) is 16.8 Å². The highest BCUT2D eigenvalue weighted by atomic mass is 16.3. The fourth-order valence-electron chi connectivity index (χ4n) is 2.46. The van der Waals surface area contributed by atoms with E-state index in [2.05, 4.69) is 5.32 Å². The van der Waals surface area contributed by atoms with Crippen LogP contribution in [0, 0.1) is 20.8 Å². The van der Waals surface area contributed by atoms with Crippen molar-refractivity contribution in [2.45, 2.75) is 27.2 Å². The molecule has 0 aromatic heterocycles. The Hall–Kier alpha value is -1.43. The quantitative estimate of drug-likeness (QED) is 0.674. The summed E-state index contributed by atoms with van der Waals surface area (Å²) in [5, 5.41) is 20.8. The van der Waals surface area contributed by atoms with E-state index in [4.69, 9.17) is 10.2 Å². The molecule has 0 bridgehead atoms. The van der Waals surface area contributed by atoms with Crippen molar-refractivity contribution in [3.8, 4) is 0 Å². The first-order valence-corrected chi connectivity index (χ1v) is 7.29. The van der Waals surface area contributed by atoms with E-state index < -0.39 is 0 Å². The summed E-state index contributed by atoms with van der Waals surface area (Å²) >= 11 is 0. The number of hydrogen-bond acceptors (Lipinski definition) is 4. The largest absolute Gasteiger partial charge is 0.396 e. The molecule has 0 saturated heterocycles. The lowest BCUT2D eigenvalue weighted by Crippen LogP contribution is -2.36. The van der Waals surface area contributed by atoms with Crippen LogP contribution in [0.2, 0.25) is 0 Å². The molecule has 0 spiro atoms. The molecule has 5 heteroatoms. The third-order valence-corrected chi connectivity index (χ3v) is 3.36. The average molecular weight is 294 g/mol. The van der Waals surface area contributed by atoms with Crippen molar-refractivity contribution < 1.29 is 15.0 Å². The van der Waals surface area contributed by atoms with Gasteiger partial charge >= 0.3 is 0 Å². The molecule has 5 nitrogen and oxygen atoms in total. The molecular formula is C16H26N2O3. The van der Waals surface area contributed by atoms with Gasteiger partial charge in [0.25, 0.3) is 0 Å². The van der Waals surface area contributed by atoms with Crippen LogP contribution >= 0.6 is 0 Å². The number of aliphatic hydroxyl groups is 2. The maximum atomic E-state index is 12.2. The van der Waals surface area contributed by atoms with E-state index in [1.807, 2.05) is 37.8 Å². The zero-order chi connectivity index (χ0) is 15.8. The molecule has 1 rings (SSSR count). The van der Waals surface area contributed by atoms with Gasteiger partial charge in [0.05, 0.1) is 13.2 Å². The molecule has 0 unspecified atom stereocenters. The number of hydrogen-bond donors (Lipinski definition) is 3. The first-order chi connectivity index (χ1) is 9.97. The van der Waals surface area contributed by atoms with Crippen LogP contribution in [0.1, 0.15) is 23.1 Å². The van der Waals surface area contributed by atoms with Crippen molar-refractivity contribution in [2.24, 2.45) is 0 Å². The summed E-state index contributed by atoms with van der Waals surface area (Å²) < 4.78 is 0.